The molecule has 0 bridgehead atoms. The molecule has 4 nitrogen and oxygen atoms in total. The minimum atomic E-state index is -4.58. The van der Waals surface area contributed by atoms with Crippen LogP contribution in [0.15, 0.2) is 46.8 Å². The normalized spacial score (nSPS) is 12.0. The predicted molar refractivity (Wildman–Crippen MR) is 71.9 cm³/mol. The van der Waals surface area contributed by atoms with E-state index in [1.807, 2.05) is 0 Å². The Kier molecular flexibility index (Phi) is 3.32. The van der Waals surface area contributed by atoms with Crippen LogP contribution in [0.5, 0.6) is 0 Å². The van der Waals surface area contributed by atoms with Crippen molar-refractivity contribution < 1.29 is 13.2 Å². The van der Waals surface area contributed by atoms with E-state index in [4.69, 9.17) is 0 Å². The van der Waals surface area contributed by atoms with Gasteiger partial charge in [0.15, 0.2) is 5.16 Å². The summed E-state index contributed by atoms with van der Waals surface area (Å²) >= 11 is 1.08. The van der Waals surface area contributed by atoms with Crippen molar-refractivity contribution in [3.05, 3.63) is 42.5 Å². The first-order valence-electron chi connectivity index (χ1n) is 5.94. The Bertz CT molecular complexity index is 797. The highest BCUT2D eigenvalue weighted by atomic mass is 32.2. The highest BCUT2D eigenvalue weighted by Gasteiger charge is 2.35. The van der Waals surface area contributed by atoms with E-state index in [-0.39, 0.29) is 10.5 Å². The number of hydrogen-bond acceptors (Lipinski definition) is 4. The number of alkyl halides is 3. The molecule has 0 fully saturated rings. The third-order valence-electron chi connectivity index (χ3n) is 2.79. The highest BCUT2D eigenvalue weighted by molar-refractivity contribution is 7.99. The maximum atomic E-state index is 12.9. The lowest BCUT2D eigenvalue weighted by atomic mass is 10.2. The van der Waals surface area contributed by atoms with Crippen LogP contribution >= 0.6 is 11.8 Å². The van der Waals surface area contributed by atoms with Crippen molar-refractivity contribution in [3.8, 4) is 0 Å². The van der Waals surface area contributed by atoms with Crippen molar-refractivity contribution in [2.45, 2.75) is 16.4 Å². The van der Waals surface area contributed by atoms with Gasteiger partial charge < -0.3 is 4.57 Å². The number of hydrogen-bond donors (Lipinski definition) is 0. The van der Waals surface area contributed by atoms with Gasteiger partial charge in [-0.25, -0.2) is 15.0 Å². The molecule has 2 heterocycles. The van der Waals surface area contributed by atoms with Gasteiger partial charge in [0.05, 0.1) is 5.52 Å². The Labute approximate surface area is 122 Å². The molecule has 0 aliphatic carbocycles. The average Bonchev–Trinajstić information content (AvgIpc) is 2.83. The summed E-state index contributed by atoms with van der Waals surface area (Å²) in [6, 6.07) is 6.61. The van der Waals surface area contributed by atoms with Crippen LogP contribution in [0.1, 0.15) is 5.82 Å². The van der Waals surface area contributed by atoms with Gasteiger partial charge in [0.2, 0.25) is 5.82 Å². The highest BCUT2D eigenvalue weighted by Crippen LogP contribution is 2.34. The van der Waals surface area contributed by atoms with Crippen LogP contribution in [0, 0.1) is 0 Å². The topological polar surface area (TPSA) is 43.6 Å². The minimum Gasteiger partial charge on any atom is -0.329 e. The lowest BCUT2D eigenvalue weighted by Crippen LogP contribution is -2.11. The second-order valence-corrected chi connectivity index (χ2v) is 5.25. The van der Waals surface area contributed by atoms with E-state index < -0.39 is 12.0 Å². The van der Waals surface area contributed by atoms with Crippen molar-refractivity contribution in [2.24, 2.45) is 7.05 Å². The average molecular weight is 310 g/mol. The number of fused-ring (bicyclic) bond motifs is 1. The summed E-state index contributed by atoms with van der Waals surface area (Å²) in [4.78, 5) is 11.3. The van der Waals surface area contributed by atoms with Gasteiger partial charge in [0, 0.05) is 24.8 Å². The van der Waals surface area contributed by atoms with Gasteiger partial charge >= 0.3 is 6.18 Å². The second kappa shape index (κ2) is 5.03. The smallest absolute Gasteiger partial charge is 0.329 e. The van der Waals surface area contributed by atoms with E-state index in [1.165, 1.54) is 6.07 Å². The quantitative estimate of drug-likeness (QED) is 0.679. The fourth-order valence-electron chi connectivity index (χ4n) is 1.79. The Morgan fingerprint density at radius 3 is 2.57 bits per heavy atom. The summed E-state index contributed by atoms with van der Waals surface area (Å²) in [5.41, 5.74) is 0.261. The van der Waals surface area contributed by atoms with Crippen LogP contribution in [0.4, 0.5) is 13.2 Å². The van der Waals surface area contributed by atoms with E-state index in [0.29, 0.717) is 10.5 Å². The summed E-state index contributed by atoms with van der Waals surface area (Å²) in [6.07, 6.45) is -1.28. The van der Waals surface area contributed by atoms with Gasteiger partial charge in [-0.05, 0) is 17.8 Å². The molecular formula is C13H9F3N4S. The first kappa shape index (κ1) is 13.9. The molecule has 2 aromatic heterocycles. The third kappa shape index (κ3) is 2.71. The summed E-state index contributed by atoms with van der Waals surface area (Å²) in [7, 11) is 1.77. The molecule has 21 heavy (non-hydrogen) atoms. The molecule has 0 saturated carbocycles. The van der Waals surface area contributed by atoms with Crippen molar-refractivity contribution >= 4 is 22.7 Å². The number of halogens is 3. The molecule has 0 unspecified atom stereocenters. The molecule has 0 amide bonds. The van der Waals surface area contributed by atoms with Crippen LogP contribution in [0.25, 0.3) is 10.9 Å². The van der Waals surface area contributed by atoms with Gasteiger partial charge in [-0.1, -0.05) is 18.2 Å². The number of benzene rings is 1. The Balaban J connectivity index is 2.17. The molecule has 0 saturated heterocycles. The van der Waals surface area contributed by atoms with Crippen LogP contribution in [-0.2, 0) is 13.2 Å². The fraction of sp³-hybridized carbons (Fsp3) is 0.154. The van der Waals surface area contributed by atoms with Crippen LogP contribution < -0.4 is 0 Å². The number of rotatable bonds is 2. The molecular weight excluding hydrogens is 301 g/mol. The first-order chi connectivity index (χ1) is 9.95. The SMILES string of the molecule is Cn1ccnc1Sc1nc(C(F)(F)F)nc2ccccc12. The molecule has 0 aliphatic heterocycles. The second-order valence-electron chi connectivity index (χ2n) is 4.29. The van der Waals surface area contributed by atoms with Gasteiger partial charge in [0.25, 0.3) is 0 Å². The maximum Gasteiger partial charge on any atom is 0.451 e. The Hall–Kier alpha value is -2.09. The zero-order chi connectivity index (χ0) is 15.0. The van der Waals surface area contributed by atoms with Gasteiger partial charge in [-0.3, -0.25) is 0 Å². The molecule has 0 N–H and O–H groups in total. The number of nitrogens with zero attached hydrogens (tertiary/aromatic N) is 4. The minimum absolute atomic E-state index is 0.238. The standard InChI is InChI=1S/C13H9F3N4S/c1-20-7-6-17-12(20)21-10-8-4-2-3-5-9(8)18-11(19-10)13(14,15)16/h2-7H,1H3. The zero-order valence-corrected chi connectivity index (χ0v) is 11.6. The molecule has 108 valence electrons. The third-order valence-corrected chi connectivity index (χ3v) is 3.87. The molecule has 0 atom stereocenters. The molecule has 3 aromatic rings. The van der Waals surface area contributed by atoms with Crippen LogP contribution in [-0.4, -0.2) is 19.5 Å². The molecule has 0 spiro atoms. The summed E-state index contributed by atoms with van der Waals surface area (Å²) in [5.74, 6) is -1.14. The van der Waals surface area contributed by atoms with E-state index in [0.717, 1.165) is 11.8 Å². The van der Waals surface area contributed by atoms with Crippen LogP contribution in [0.2, 0.25) is 0 Å². The molecule has 1 aromatic carbocycles. The van der Waals surface area contributed by atoms with E-state index in [1.54, 1.807) is 42.2 Å². The summed E-state index contributed by atoms with van der Waals surface area (Å²) in [5, 5.41) is 1.37. The lowest BCUT2D eigenvalue weighted by Gasteiger charge is -2.10. The Morgan fingerprint density at radius 1 is 1.14 bits per heavy atom. The fourth-order valence-corrected chi connectivity index (χ4v) is 2.69. The van der Waals surface area contributed by atoms with Crippen molar-refractivity contribution in [3.63, 3.8) is 0 Å². The number of para-hydroxylation sites is 1. The predicted octanol–water partition coefficient (Wildman–Crippen LogP) is 3.53. The summed E-state index contributed by atoms with van der Waals surface area (Å²) < 4.78 is 40.4. The largest absolute Gasteiger partial charge is 0.451 e. The zero-order valence-electron chi connectivity index (χ0n) is 10.8. The van der Waals surface area contributed by atoms with Crippen LogP contribution in [0.3, 0.4) is 0 Å². The molecule has 0 radical (unpaired) electrons. The van der Waals surface area contributed by atoms with Gasteiger partial charge in [0.1, 0.15) is 5.03 Å². The monoisotopic (exact) mass is 310 g/mol. The Morgan fingerprint density at radius 2 is 1.90 bits per heavy atom. The number of aromatic nitrogens is 4. The maximum absolute atomic E-state index is 12.9. The van der Waals surface area contributed by atoms with Crippen molar-refractivity contribution in [2.75, 3.05) is 0 Å². The first-order valence-corrected chi connectivity index (χ1v) is 6.76. The van der Waals surface area contributed by atoms with E-state index in [9.17, 15) is 13.2 Å². The number of aryl methyl sites for hydroxylation is 1. The van der Waals surface area contributed by atoms with Crippen molar-refractivity contribution in [1.29, 1.82) is 0 Å². The van der Waals surface area contributed by atoms with Gasteiger partial charge in [-0.2, -0.15) is 13.2 Å². The van der Waals surface area contributed by atoms with Gasteiger partial charge in [-0.15, -0.1) is 0 Å². The number of imidazole rings is 1. The van der Waals surface area contributed by atoms with E-state index >= 15 is 0 Å². The lowest BCUT2D eigenvalue weighted by molar-refractivity contribution is -0.145. The van der Waals surface area contributed by atoms with E-state index in [2.05, 4.69) is 15.0 Å². The summed E-state index contributed by atoms with van der Waals surface area (Å²) in [6.45, 7) is 0. The molecule has 8 heteroatoms. The molecule has 3 rings (SSSR count). The molecule has 0 aliphatic rings. The van der Waals surface area contributed by atoms with Crippen molar-refractivity contribution in [1.82, 2.24) is 19.5 Å².